The van der Waals surface area contributed by atoms with Gasteiger partial charge in [0.05, 0.1) is 43.2 Å². The van der Waals surface area contributed by atoms with Gasteiger partial charge in [-0.3, -0.25) is 9.69 Å². The Hall–Kier alpha value is -2.62. The standard InChI is InChI=1S/C22H24F3N3O3.C2H6/c1-14-2-5-18(17(24)10-14)26-20-15(3-4-16(23)19(20)25)21(29)28-12-22(30,13-28)11-27-6-8-31-9-7-27;1-2/h2-5,10,26,30H,6-9,11-13H2,1H3;1-2H3. The number of ether oxygens (including phenoxy) is 1. The molecule has 2 heterocycles. The van der Waals surface area contributed by atoms with Crippen LogP contribution in [0.5, 0.6) is 0 Å². The third-order valence-electron chi connectivity index (χ3n) is 5.59. The summed E-state index contributed by atoms with van der Waals surface area (Å²) in [6.07, 6.45) is 0. The Morgan fingerprint density at radius 2 is 1.76 bits per heavy atom. The molecule has 2 aliphatic heterocycles. The van der Waals surface area contributed by atoms with E-state index in [0.29, 0.717) is 38.4 Å². The summed E-state index contributed by atoms with van der Waals surface area (Å²) in [6.45, 7) is 8.84. The van der Waals surface area contributed by atoms with Gasteiger partial charge in [-0.1, -0.05) is 19.9 Å². The van der Waals surface area contributed by atoms with Crippen LogP contribution >= 0.6 is 0 Å². The zero-order valence-corrected chi connectivity index (χ0v) is 19.1. The van der Waals surface area contributed by atoms with Crippen LogP contribution in [0.15, 0.2) is 30.3 Å². The first-order valence-corrected chi connectivity index (χ1v) is 11.1. The highest BCUT2D eigenvalue weighted by atomic mass is 19.2. The van der Waals surface area contributed by atoms with Gasteiger partial charge in [-0.25, -0.2) is 13.2 Å². The van der Waals surface area contributed by atoms with Crippen molar-refractivity contribution in [2.75, 3.05) is 51.3 Å². The van der Waals surface area contributed by atoms with Gasteiger partial charge in [0, 0.05) is 19.6 Å². The van der Waals surface area contributed by atoms with Crippen LogP contribution in [0, 0.1) is 24.4 Å². The number of aryl methyl sites for hydroxylation is 1. The van der Waals surface area contributed by atoms with E-state index in [1.54, 1.807) is 13.0 Å². The van der Waals surface area contributed by atoms with Crippen LogP contribution in [0.25, 0.3) is 0 Å². The maximum absolute atomic E-state index is 14.6. The minimum Gasteiger partial charge on any atom is -0.385 e. The van der Waals surface area contributed by atoms with Crippen LogP contribution in [0.1, 0.15) is 29.8 Å². The van der Waals surface area contributed by atoms with Crippen molar-refractivity contribution in [1.29, 1.82) is 0 Å². The van der Waals surface area contributed by atoms with E-state index in [4.69, 9.17) is 4.74 Å². The van der Waals surface area contributed by atoms with Gasteiger partial charge in [0.2, 0.25) is 0 Å². The molecule has 9 heteroatoms. The number of β-amino-alcohol motifs (C(OH)–C–C–N with tert-alkyl or cyclic N) is 1. The Kier molecular flexibility index (Phi) is 7.99. The molecule has 6 nitrogen and oxygen atoms in total. The Balaban J connectivity index is 0.00000149. The summed E-state index contributed by atoms with van der Waals surface area (Å²) < 4.78 is 48.0. The van der Waals surface area contributed by atoms with Crippen LogP contribution in [-0.4, -0.2) is 72.4 Å². The van der Waals surface area contributed by atoms with Gasteiger partial charge in [0.15, 0.2) is 11.6 Å². The molecular formula is C24H30F3N3O3. The number of rotatable bonds is 5. The number of amides is 1. The predicted octanol–water partition coefficient (Wildman–Crippen LogP) is 3.70. The second kappa shape index (κ2) is 10.5. The summed E-state index contributed by atoms with van der Waals surface area (Å²) >= 11 is 0. The van der Waals surface area contributed by atoms with E-state index in [1.165, 1.54) is 17.0 Å². The highest BCUT2D eigenvalue weighted by molar-refractivity contribution is 6.01. The Morgan fingerprint density at radius 3 is 2.39 bits per heavy atom. The predicted molar refractivity (Wildman–Crippen MR) is 120 cm³/mol. The van der Waals surface area contributed by atoms with Crippen LogP contribution in [0.2, 0.25) is 0 Å². The van der Waals surface area contributed by atoms with Crippen molar-refractivity contribution in [2.45, 2.75) is 26.4 Å². The first-order valence-electron chi connectivity index (χ1n) is 11.1. The summed E-state index contributed by atoms with van der Waals surface area (Å²) in [5.41, 5.74) is -1.04. The van der Waals surface area contributed by atoms with Crippen molar-refractivity contribution in [3.05, 3.63) is 58.9 Å². The molecule has 0 spiro atoms. The number of halogens is 3. The second-order valence-electron chi connectivity index (χ2n) is 8.17. The van der Waals surface area contributed by atoms with E-state index in [9.17, 15) is 23.1 Å². The minimum absolute atomic E-state index is 0.0700. The zero-order valence-electron chi connectivity index (χ0n) is 19.1. The van der Waals surface area contributed by atoms with E-state index < -0.39 is 34.6 Å². The van der Waals surface area contributed by atoms with E-state index >= 15 is 0 Å². The van der Waals surface area contributed by atoms with E-state index in [-0.39, 0.29) is 24.3 Å². The highest BCUT2D eigenvalue weighted by Gasteiger charge is 2.45. The average Bonchev–Trinajstić information content (AvgIpc) is 2.78. The normalized spacial score (nSPS) is 17.6. The van der Waals surface area contributed by atoms with Gasteiger partial charge in [-0.2, -0.15) is 0 Å². The molecule has 2 fully saturated rings. The third-order valence-corrected chi connectivity index (χ3v) is 5.59. The number of likely N-dealkylation sites (tertiary alicyclic amines) is 1. The molecule has 0 atom stereocenters. The lowest BCUT2D eigenvalue weighted by Gasteiger charge is -2.49. The molecule has 2 N–H and O–H groups in total. The average molecular weight is 466 g/mol. The molecule has 4 rings (SSSR count). The Morgan fingerprint density at radius 1 is 1.09 bits per heavy atom. The van der Waals surface area contributed by atoms with Crippen molar-refractivity contribution in [3.63, 3.8) is 0 Å². The number of carbonyl (C=O) groups is 1. The van der Waals surface area contributed by atoms with Gasteiger partial charge in [0.1, 0.15) is 11.4 Å². The van der Waals surface area contributed by atoms with Gasteiger partial charge in [-0.05, 0) is 36.8 Å². The molecule has 0 radical (unpaired) electrons. The van der Waals surface area contributed by atoms with Crippen molar-refractivity contribution < 1.29 is 27.8 Å². The number of anilines is 2. The molecule has 1 amide bonds. The number of hydrogen-bond acceptors (Lipinski definition) is 5. The van der Waals surface area contributed by atoms with Crippen LogP contribution in [0.3, 0.4) is 0 Å². The highest BCUT2D eigenvalue weighted by Crippen LogP contribution is 2.32. The van der Waals surface area contributed by atoms with Gasteiger partial charge < -0.3 is 20.1 Å². The van der Waals surface area contributed by atoms with Gasteiger partial charge in [-0.15, -0.1) is 0 Å². The number of nitrogens with one attached hydrogen (secondary N) is 1. The maximum Gasteiger partial charge on any atom is 0.256 e. The van der Waals surface area contributed by atoms with Crippen molar-refractivity contribution >= 4 is 17.3 Å². The molecule has 2 aromatic rings. The molecule has 33 heavy (non-hydrogen) atoms. The quantitative estimate of drug-likeness (QED) is 0.705. The molecule has 2 aliphatic rings. The Labute approximate surface area is 191 Å². The van der Waals surface area contributed by atoms with E-state index in [2.05, 4.69) is 10.2 Å². The van der Waals surface area contributed by atoms with Crippen molar-refractivity contribution in [2.24, 2.45) is 0 Å². The molecule has 0 unspecified atom stereocenters. The lowest BCUT2D eigenvalue weighted by molar-refractivity contribution is -0.107. The summed E-state index contributed by atoms with van der Waals surface area (Å²) in [5, 5.41) is 13.2. The maximum atomic E-state index is 14.6. The number of carbonyl (C=O) groups excluding carboxylic acids is 1. The van der Waals surface area contributed by atoms with Crippen LogP contribution in [-0.2, 0) is 4.74 Å². The van der Waals surface area contributed by atoms with E-state index in [1.807, 2.05) is 13.8 Å². The van der Waals surface area contributed by atoms with E-state index in [0.717, 1.165) is 12.1 Å². The number of aliphatic hydroxyl groups is 1. The molecule has 0 saturated carbocycles. The molecule has 2 saturated heterocycles. The number of morpholine rings is 1. The third kappa shape index (κ3) is 5.66. The van der Waals surface area contributed by atoms with Crippen molar-refractivity contribution in [1.82, 2.24) is 9.80 Å². The Bertz CT molecular complexity index is 990. The lowest BCUT2D eigenvalue weighted by Crippen LogP contribution is -2.68. The SMILES string of the molecule is CC.Cc1ccc(Nc2c(C(=O)N3CC(O)(CN4CCOCC4)C3)ccc(F)c2F)c(F)c1. The fourth-order valence-corrected chi connectivity index (χ4v) is 3.96. The molecule has 180 valence electrons. The number of nitrogens with zero attached hydrogens (tertiary/aromatic N) is 2. The molecule has 0 aliphatic carbocycles. The monoisotopic (exact) mass is 465 g/mol. The fourth-order valence-electron chi connectivity index (χ4n) is 3.96. The molecule has 0 aromatic heterocycles. The summed E-state index contributed by atoms with van der Waals surface area (Å²) in [5.74, 6) is -3.64. The summed E-state index contributed by atoms with van der Waals surface area (Å²) in [7, 11) is 0. The molecule has 0 bridgehead atoms. The lowest BCUT2D eigenvalue weighted by atomic mass is 9.92. The van der Waals surface area contributed by atoms with Crippen LogP contribution in [0.4, 0.5) is 24.5 Å². The summed E-state index contributed by atoms with van der Waals surface area (Å²) in [4.78, 5) is 16.4. The zero-order chi connectivity index (χ0) is 24.2. The topological polar surface area (TPSA) is 65.0 Å². The van der Waals surface area contributed by atoms with Gasteiger partial charge in [0.25, 0.3) is 5.91 Å². The first kappa shape index (κ1) is 25.0. The van der Waals surface area contributed by atoms with Crippen molar-refractivity contribution in [3.8, 4) is 0 Å². The molecule has 2 aromatic carbocycles. The smallest absolute Gasteiger partial charge is 0.256 e. The summed E-state index contributed by atoms with van der Waals surface area (Å²) in [6, 6.07) is 6.29. The number of hydrogen-bond donors (Lipinski definition) is 2. The first-order chi connectivity index (χ1) is 15.8. The number of benzene rings is 2. The minimum atomic E-state index is -1.27. The van der Waals surface area contributed by atoms with Gasteiger partial charge >= 0.3 is 0 Å². The van der Waals surface area contributed by atoms with Crippen LogP contribution < -0.4 is 5.32 Å². The largest absolute Gasteiger partial charge is 0.385 e. The fraction of sp³-hybridized carbons (Fsp3) is 0.458. The molecular weight excluding hydrogens is 435 g/mol. The second-order valence-corrected chi connectivity index (χ2v) is 8.17.